The summed E-state index contributed by atoms with van der Waals surface area (Å²) in [4.78, 5) is 3.84. The Bertz CT molecular complexity index is 733. The molecule has 158 valence electrons. The van der Waals surface area contributed by atoms with Gasteiger partial charge in [-0.05, 0) is 41.8 Å². The summed E-state index contributed by atoms with van der Waals surface area (Å²) in [6.45, 7) is 5.23. The normalized spacial score (nSPS) is 22.2. The second-order valence-electron chi connectivity index (χ2n) is 7.90. The van der Waals surface area contributed by atoms with E-state index in [0.29, 0.717) is 19.2 Å². The highest BCUT2D eigenvalue weighted by atomic mass is 32.1. The number of nitrogens with one attached hydrogen (secondary N) is 1. The minimum Gasteiger partial charge on any atom is -0.389 e. The Labute approximate surface area is 177 Å². The topological polar surface area (TPSA) is 54.0 Å². The van der Waals surface area contributed by atoms with Gasteiger partial charge in [0.2, 0.25) is 0 Å². The molecule has 1 fully saturated rings. The number of morpholine rings is 1. The minimum absolute atomic E-state index is 0.113. The van der Waals surface area contributed by atoms with Crippen molar-refractivity contribution in [2.75, 3.05) is 46.0 Å². The summed E-state index contributed by atoms with van der Waals surface area (Å²) in [7, 11) is 0. The van der Waals surface area contributed by atoms with E-state index >= 15 is 0 Å². The zero-order valence-corrected chi connectivity index (χ0v) is 17.8. The molecular formula is C23H32N2O3S. The van der Waals surface area contributed by atoms with Crippen LogP contribution in [0.2, 0.25) is 0 Å². The summed E-state index contributed by atoms with van der Waals surface area (Å²) in [6, 6.07) is 13.2. The van der Waals surface area contributed by atoms with Crippen LogP contribution in [0.3, 0.4) is 0 Å². The van der Waals surface area contributed by atoms with Crippen LogP contribution in [0.4, 0.5) is 0 Å². The summed E-state index contributed by atoms with van der Waals surface area (Å²) < 4.78 is 11.6. The van der Waals surface area contributed by atoms with Gasteiger partial charge in [0.1, 0.15) is 0 Å². The number of nitrogens with zero attached hydrogens (tertiary/aromatic N) is 1. The molecule has 2 N–H and O–H groups in total. The quantitative estimate of drug-likeness (QED) is 0.658. The maximum absolute atomic E-state index is 10.5. The number of aliphatic hydroxyl groups is 1. The smallest absolute Gasteiger partial charge is 0.0897 e. The van der Waals surface area contributed by atoms with E-state index in [2.05, 4.69) is 52.0 Å². The van der Waals surface area contributed by atoms with Gasteiger partial charge in [0, 0.05) is 31.1 Å². The Kier molecular flexibility index (Phi) is 7.71. The predicted molar refractivity (Wildman–Crippen MR) is 116 cm³/mol. The fourth-order valence-corrected chi connectivity index (χ4v) is 5.20. The lowest BCUT2D eigenvalue weighted by Gasteiger charge is -2.34. The number of thiophene rings is 1. The number of aryl methyl sites for hydroxylation is 1. The maximum Gasteiger partial charge on any atom is 0.0897 e. The molecule has 6 heteroatoms. The van der Waals surface area contributed by atoms with E-state index in [0.717, 1.165) is 52.1 Å². The Morgan fingerprint density at radius 1 is 1.17 bits per heavy atom. The summed E-state index contributed by atoms with van der Waals surface area (Å²) >= 11 is 1.80. The molecule has 29 heavy (non-hydrogen) atoms. The molecule has 1 aromatic carbocycles. The molecule has 3 atom stereocenters. The molecule has 0 saturated carbocycles. The van der Waals surface area contributed by atoms with Crippen LogP contribution in [-0.2, 0) is 15.9 Å². The molecule has 2 aliphatic rings. The molecule has 1 saturated heterocycles. The number of rotatable bonds is 9. The highest BCUT2D eigenvalue weighted by molar-refractivity contribution is 7.10. The average Bonchev–Trinajstić information content (AvgIpc) is 3.30. The third-order valence-electron chi connectivity index (χ3n) is 5.88. The van der Waals surface area contributed by atoms with Crippen LogP contribution in [0.5, 0.6) is 0 Å². The van der Waals surface area contributed by atoms with E-state index in [1.54, 1.807) is 11.3 Å². The Morgan fingerprint density at radius 3 is 2.86 bits per heavy atom. The fraction of sp³-hybridized carbons (Fsp3) is 0.565. The Morgan fingerprint density at radius 2 is 2.03 bits per heavy atom. The van der Waals surface area contributed by atoms with Gasteiger partial charge in [0.25, 0.3) is 0 Å². The Balaban J connectivity index is 1.24. The zero-order valence-electron chi connectivity index (χ0n) is 17.0. The van der Waals surface area contributed by atoms with Crippen molar-refractivity contribution in [2.45, 2.75) is 37.5 Å². The van der Waals surface area contributed by atoms with E-state index in [1.165, 1.54) is 16.0 Å². The van der Waals surface area contributed by atoms with Crippen molar-refractivity contribution < 1.29 is 14.6 Å². The van der Waals surface area contributed by atoms with Crippen molar-refractivity contribution in [3.05, 3.63) is 57.8 Å². The first-order valence-electron chi connectivity index (χ1n) is 10.7. The monoisotopic (exact) mass is 416 g/mol. The summed E-state index contributed by atoms with van der Waals surface area (Å²) in [5.74, 6) is 0. The van der Waals surface area contributed by atoms with E-state index in [1.807, 2.05) is 0 Å². The van der Waals surface area contributed by atoms with Crippen molar-refractivity contribution in [3.8, 4) is 0 Å². The lowest BCUT2D eigenvalue weighted by molar-refractivity contribution is -0.0180. The van der Waals surface area contributed by atoms with E-state index < -0.39 is 6.10 Å². The van der Waals surface area contributed by atoms with Crippen molar-refractivity contribution in [3.63, 3.8) is 0 Å². The molecule has 0 radical (unpaired) electrons. The van der Waals surface area contributed by atoms with Gasteiger partial charge >= 0.3 is 0 Å². The second-order valence-corrected chi connectivity index (χ2v) is 8.88. The molecule has 4 rings (SSSR count). The fourth-order valence-electron chi connectivity index (χ4n) is 4.33. The van der Waals surface area contributed by atoms with Crippen LogP contribution in [0, 0.1) is 0 Å². The van der Waals surface area contributed by atoms with Gasteiger partial charge in [-0.1, -0.05) is 30.3 Å². The first-order valence-corrected chi connectivity index (χ1v) is 11.6. The number of aliphatic hydroxyl groups excluding tert-OH is 1. The molecule has 1 aromatic heterocycles. The van der Waals surface area contributed by atoms with Gasteiger partial charge in [-0.3, -0.25) is 4.90 Å². The van der Waals surface area contributed by atoms with Crippen LogP contribution >= 0.6 is 11.3 Å². The zero-order chi connectivity index (χ0) is 19.9. The number of hydrogen-bond acceptors (Lipinski definition) is 6. The largest absolute Gasteiger partial charge is 0.389 e. The molecule has 1 aliphatic carbocycles. The van der Waals surface area contributed by atoms with Gasteiger partial charge < -0.3 is 19.9 Å². The number of fused-ring (bicyclic) bond motifs is 1. The minimum atomic E-state index is -0.502. The summed E-state index contributed by atoms with van der Waals surface area (Å²) in [5, 5.41) is 16.1. The summed E-state index contributed by atoms with van der Waals surface area (Å²) in [6.07, 6.45) is 2.93. The lowest BCUT2D eigenvalue weighted by Crippen LogP contribution is -2.44. The van der Waals surface area contributed by atoms with Crippen LogP contribution in [-0.4, -0.2) is 62.1 Å². The van der Waals surface area contributed by atoms with Gasteiger partial charge in [-0.25, -0.2) is 0 Å². The highest BCUT2D eigenvalue weighted by Gasteiger charge is 2.24. The van der Waals surface area contributed by atoms with E-state index in [-0.39, 0.29) is 6.10 Å². The number of ether oxygens (including phenoxy) is 2. The molecule has 0 bridgehead atoms. The first kappa shape index (κ1) is 21.0. The molecule has 2 aromatic rings. The standard InChI is InChI=1S/C23H32N2O3S/c26-19(17-28-22-8-3-6-18-5-1-2-7-20(18)22)15-24-16-21(23-9-4-14-29-23)25-10-12-27-13-11-25/h1-2,4-5,7,9,14,19,21-22,24,26H,3,6,8,10-13,15-17H2/t19-,21+,22-/m1/s1. The second kappa shape index (κ2) is 10.7. The molecule has 0 amide bonds. The van der Waals surface area contributed by atoms with Crippen LogP contribution in [0.1, 0.15) is 41.0 Å². The van der Waals surface area contributed by atoms with Gasteiger partial charge in [-0.15, -0.1) is 11.3 Å². The van der Waals surface area contributed by atoms with Gasteiger partial charge in [-0.2, -0.15) is 0 Å². The van der Waals surface area contributed by atoms with Crippen LogP contribution in [0.25, 0.3) is 0 Å². The SMILES string of the molecule is O[C@H](CNC[C@@H](c1cccs1)N1CCOCC1)CO[C@@H]1CCCc2ccccc21. The number of benzene rings is 1. The van der Waals surface area contributed by atoms with Crippen molar-refractivity contribution in [1.29, 1.82) is 0 Å². The van der Waals surface area contributed by atoms with Crippen LogP contribution < -0.4 is 5.32 Å². The van der Waals surface area contributed by atoms with Crippen molar-refractivity contribution in [2.24, 2.45) is 0 Å². The molecule has 0 unspecified atom stereocenters. The average molecular weight is 417 g/mol. The molecule has 5 nitrogen and oxygen atoms in total. The van der Waals surface area contributed by atoms with E-state index in [9.17, 15) is 5.11 Å². The Hall–Kier alpha value is -1.28. The summed E-state index contributed by atoms with van der Waals surface area (Å²) in [5.41, 5.74) is 2.68. The highest BCUT2D eigenvalue weighted by Crippen LogP contribution is 2.32. The van der Waals surface area contributed by atoms with Gasteiger partial charge in [0.15, 0.2) is 0 Å². The van der Waals surface area contributed by atoms with Gasteiger partial charge in [0.05, 0.1) is 38.1 Å². The molecule has 1 aliphatic heterocycles. The maximum atomic E-state index is 10.5. The molecular weight excluding hydrogens is 384 g/mol. The number of hydrogen-bond donors (Lipinski definition) is 2. The third-order valence-corrected chi connectivity index (χ3v) is 6.85. The lowest BCUT2D eigenvalue weighted by atomic mass is 9.89. The predicted octanol–water partition coefficient (Wildman–Crippen LogP) is 3.17. The van der Waals surface area contributed by atoms with Crippen molar-refractivity contribution >= 4 is 11.3 Å². The van der Waals surface area contributed by atoms with Crippen LogP contribution in [0.15, 0.2) is 41.8 Å². The van der Waals surface area contributed by atoms with Crippen molar-refractivity contribution in [1.82, 2.24) is 10.2 Å². The molecule has 0 spiro atoms. The first-order chi connectivity index (χ1) is 14.3. The molecule has 2 heterocycles. The van der Waals surface area contributed by atoms with E-state index in [4.69, 9.17) is 9.47 Å². The third kappa shape index (κ3) is 5.66.